The number of aromatic nitrogens is 2. The first kappa shape index (κ1) is 19.4. The number of fused-ring (bicyclic) bond motifs is 1. The highest BCUT2D eigenvalue weighted by atomic mass is 16.4. The van der Waals surface area contributed by atoms with Crippen molar-refractivity contribution in [2.24, 2.45) is 11.3 Å². The van der Waals surface area contributed by atoms with Gasteiger partial charge >= 0.3 is 11.7 Å². The Morgan fingerprint density at radius 2 is 1.79 bits per heavy atom. The van der Waals surface area contributed by atoms with E-state index in [2.05, 4.69) is 4.98 Å². The molecule has 1 unspecified atom stereocenters. The SMILES string of the molecule is CC(C)(C)C(Cc1ccc(-n2c(=O)[nH]c3ccc(N)cc3c2=O)cc1)C(=O)O. The Kier molecular flexibility index (Phi) is 4.85. The Hall–Kier alpha value is -3.35. The smallest absolute Gasteiger partial charge is 0.333 e. The average molecular weight is 381 g/mol. The summed E-state index contributed by atoms with van der Waals surface area (Å²) in [5.74, 6) is -1.40. The van der Waals surface area contributed by atoms with Crippen LogP contribution in [-0.4, -0.2) is 20.6 Å². The van der Waals surface area contributed by atoms with Crippen LogP contribution in [0.2, 0.25) is 0 Å². The van der Waals surface area contributed by atoms with Gasteiger partial charge in [-0.15, -0.1) is 0 Å². The number of carbonyl (C=O) groups is 1. The van der Waals surface area contributed by atoms with Gasteiger partial charge in [0.15, 0.2) is 0 Å². The van der Waals surface area contributed by atoms with E-state index in [-0.39, 0.29) is 0 Å². The van der Waals surface area contributed by atoms with Gasteiger partial charge in [-0.2, -0.15) is 0 Å². The summed E-state index contributed by atoms with van der Waals surface area (Å²) in [6.07, 6.45) is 0.360. The van der Waals surface area contributed by atoms with Gasteiger partial charge in [0.05, 0.1) is 22.5 Å². The zero-order chi connectivity index (χ0) is 20.6. The van der Waals surface area contributed by atoms with Crippen LogP contribution in [0.15, 0.2) is 52.1 Å². The van der Waals surface area contributed by atoms with Crippen LogP contribution in [0.3, 0.4) is 0 Å². The van der Waals surface area contributed by atoms with Crippen molar-refractivity contribution in [2.45, 2.75) is 27.2 Å². The molecule has 0 saturated heterocycles. The van der Waals surface area contributed by atoms with Crippen molar-refractivity contribution in [3.8, 4) is 5.69 Å². The summed E-state index contributed by atoms with van der Waals surface area (Å²) >= 11 is 0. The van der Waals surface area contributed by atoms with Gasteiger partial charge in [0.25, 0.3) is 5.56 Å². The lowest BCUT2D eigenvalue weighted by atomic mass is 9.77. The third-order valence-electron chi connectivity index (χ3n) is 4.90. The van der Waals surface area contributed by atoms with Crippen LogP contribution >= 0.6 is 0 Å². The fraction of sp³-hybridized carbons (Fsp3) is 0.286. The Morgan fingerprint density at radius 1 is 1.14 bits per heavy atom. The molecule has 0 amide bonds. The summed E-state index contributed by atoms with van der Waals surface area (Å²) in [6, 6.07) is 11.5. The fourth-order valence-electron chi connectivity index (χ4n) is 3.25. The Morgan fingerprint density at radius 3 is 2.36 bits per heavy atom. The van der Waals surface area contributed by atoms with E-state index in [9.17, 15) is 19.5 Å². The lowest BCUT2D eigenvalue weighted by Crippen LogP contribution is -2.33. The molecule has 7 heteroatoms. The van der Waals surface area contributed by atoms with Crippen molar-refractivity contribution in [3.05, 3.63) is 68.9 Å². The molecule has 7 nitrogen and oxygen atoms in total. The monoisotopic (exact) mass is 381 g/mol. The Labute approximate surface area is 161 Å². The van der Waals surface area contributed by atoms with Gasteiger partial charge in [-0.3, -0.25) is 9.59 Å². The Bertz CT molecular complexity index is 1150. The summed E-state index contributed by atoms with van der Waals surface area (Å²) < 4.78 is 1.05. The molecule has 0 aliphatic rings. The number of carboxylic acids is 1. The zero-order valence-corrected chi connectivity index (χ0v) is 16.0. The normalized spacial score (nSPS) is 12.8. The number of benzene rings is 2. The molecule has 0 fully saturated rings. The van der Waals surface area contributed by atoms with Crippen molar-refractivity contribution < 1.29 is 9.90 Å². The van der Waals surface area contributed by atoms with Crippen LogP contribution in [0.25, 0.3) is 16.6 Å². The minimum Gasteiger partial charge on any atom is -0.481 e. The van der Waals surface area contributed by atoms with E-state index in [0.29, 0.717) is 28.7 Å². The number of nitrogens with zero attached hydrogens (tertiary/aromatic N) is 1. The number of carboxylic acid groups (broad SMARTS) is 1. The van der Waals surface area contributed by atoms with Gasteiger partial charge in [-0.25, -0.2) is 9.36 Å². The van der Waals surface area contributed by atoms with Gasteiger partial charge in [-0.1, -0.05) is 32.9 Å². The topological polar surface area (TPSA) is 118 Å². The molecule has 1 atom stereocenters. The van der Waals surface area contributed by atoms with Crippen molar-refractivity contribution in [2.75, 3.05) is 5.73 Å². The number of H-pyrrole nitrogens is 1. The highest BCUT2D eigenvalue weighted by Gasteiger charge is 2.31. The fourth-order valence-corrected chi connectivity index (χ4v) is 3.25. The van der Waals surface area contributed by atoms with Crippen molar-refractivity contribution in [1.29, 1.82) is 0 Å². The summed E-state index contributed by atoms with van der Waals surface area (Å²) in [5.41, 5.74) is 6.43. The van der Waals surface area contributed by atoms with Crippen LogP contribution in [0.4, 0.5) is 5.69 Å². The summed E-state index contributed by atoms with van der Waals surface area (Å²) in [7, 11) is 0. The third kappa shape index (κ3) is 3.69. The van der Waals surface area contributed by atoms with Crippen LogP contribution in [0.1, 0.15) is 26.3 Å². The van der Waals surface area contributed by atoms with E-state index < -0.39 is 28.6 Å². The average Bonchev–Trinajstić information content (AvgIpc) is 2.60. The summed E-state index contributed by atoms with van der Waals surface area (Å²) in [6.45, 7) is 5.67. The predicted octanol–water partition coefficient (Wildman–Crippen LogP) is 2.55. The van der Waals surface area contributed by atoms with E-state index in [1.165, 1.54) is 6.07 Å². The lowest BCUT2D eigenvalue weighted by Gasteiger charge is -2.27. The van der Waals surface area contributed by atoms with Gasteiger partial charge in [0.1, 0.15) is 0 Å². The molecule has 1 aromatic heterocycles. The van der Waals surface area contributed by atoms with Crippen molar-refractivity contribution in [3.63, 3.8) is 0 Å². The molecule has 28 heavy (non-hydrogen) atoms. The molecule has 2 aromatic carbocycles. The number of aromatic amines is 1. The number of hydrogen-bond donors (Lipinski definition) is 3. The molecule has 3 rings (SSSR count). The van der Waals surface area contributed by atoms with E-state index in [1.54, 1.807) is 36.4 Å². The maximum absolute atomic E-state index is 12.8. The largest absolute Gasteiger partial charge is 0.481 e. The van der Waals surface area contributed by atoms with E-state index in [4.69, 9.17) is 5.73 Å². The van der Waals surface area contributed by atoms with Gasteiger partial charge in [-0.05, 0) is 47.7 Å². The molecule has 0 radical (unpaired) electrons. The molecule has 4 N–H and O–H groups in total. The number of hydrogen-bond acceptors (Lipinski definition) is 4. The first-order chi connectivity index (χ1) is 13.1. The molecule has 0 bridgehead atoms. The van der Waals surface area contributed by atoms with E-state index >= 15 is 0 Å². The first-order valence-electron chi connectivity index (χ1n) is 8.94. The highest BCUT2D eigenvalue weighted by Crippen LogP contribution is 2.29. The van der Waals surface area contributed by atoms with Gasteiger partial charge in [0, 0.05) is 5.69 Å². The second-order valence-corrected chi connectivity index (χ2v) is 8.00. The minimum absolute atomic E-state index is 0.322. The first-order valence-corrected chi connectivity index (χ1v) is 8.94. The maximum Gasteiger partial charge on any atom is 0.333 e. The zero-order valence-electron chi connectivity index (χ0n) is 16.0. The van der Waals surface area contributed by atoms with Crippen molar-refractivity contribution >= 4 is 22.6 Å². The highest BCUT2D eigenvalue weighted by molar-refractivity contribution is 5.81. The standard InChI is InChI=1S/C21H23N3O4/c1-21(2,3)16(19(26)27)10-12-4-7-14(8-5-12)24-18(25)15-11-13(22)6-9-17(15)23-20(24)28/h4-9,11,16H,10,22H2,1-3H3,(H,23,28)(H,26,27). The number of nitrogen functional groups attached to an aromatic ring is 1. The number of nitrogens with one attached hydrogen (secondary N) is 1. The molecule has 0 aliphatic carbocycles. The van der Waals surface area contributed by atoms with Gasteiger partial charge in [0.2, 0.25) is 0 Å². The number of rotatable bonds is 4. The molecule has 3 aromatic rings. The number of anilines is 1. The maximum atomic E-state index is 12.8. The van der Waals surface area contributed by atoms with Crippen LogP contribution in [0, 0.1) is 11.3 Å². The molecule has 146 valence electrons. The van der Waals surface area contributed by atoms with Gasteiger partial charge < -0.3 is 15.8 Å². The molecule has 0 aliphatic heterocycles. The number of nitrogens with two attached hydrogens (primary N) is 1. The number of aliphatic carboxylic acids is 1. The molecule has 0 saturated carbocycles. The van der Waals surface area contributed by atoms with Crippen LogP contribution < -0.4 is 17.0 Å². The lowest BCUT2D eigenvalue weighted by molar-refractivity contribution is -0.145. The predicted molar refractivity (Wildman–Crippen MR) is 109 cm³/mol. The van der Waals surface area contributed by atoms with Crippen LogP contribution in [-0.2, 0) is 11.2 Å². The van der Waals surface area contributed by atoms with Crippen LogP contribution in [0.5, 0.6) is 0 Å². The second kappa shape index (κ2) is 6.99. The molecular weight excluding hydrogens is 358 g/mol. The minimum atomic E-state index is -0.851. The third-order valence-corrected chi connectivity index (χ3v) is 4.90. The summed E-state index contributed by atoms with van der Waals surface area (Å²) in [4.78, 5) is 39.5. The molecular formula is C21H23N3O4. The quantitative estimate of drug-likeness (QED) is 0.600. The molecule has 0 spiro atoms. The summed E-state index contributed by atoms with van der Waals surface area (Å²) in [5, 5.41) is 9.82. The van der Waals surface area contributed by atoms with Crippen molar-refractivity contribution in [1.82, 2.24) is 9.55 Å². The van der Waals surface area contributed by atoms with E-state index in [0.717, 1.165) is 10.1 Å². The molecule has 1 heterocycles. The van der Waals surface area contributed by atoms with E-state index in [1.807, 2.05) is 20.8 Å². The second-order valence-electron chi connectivity index (χ2n) is 8.00. The Balaban J connectivity index is 2.01.